The number of halogens is 1. The lowest BCUT2D eigenvalue weighted by Crippen LogP contribution is -2.41. The van der Waals surface area contributed by atoms with E-state index in [1.807, 2.05) is 47.8 Å². The van der Waals surface area contributed by atoms with Gasteiger partial charge in [0.05, 0.1) is 18.7 Å². The summed E-state index contributed by atoms with van der Waals surface area (Å²) in [5.74, 6) is -0.849. The van der Waals surface area contributed by atoms with E-state index in [2.05, 4.69) is 0 Å². The summed E-state index contributed by atoms with van der Waals surface area (Å²) in [6, 6.07) is 18.2. The number of anilines is 1. The summed E-state index contributed by atoms with van der Waals surface area (Å²) in [7, 11) is 0. The highest BCUT2D eigenvalue weighted by atomic mass is 35.5. The molecule has 1 atom stereocenters. The van der Waals surface area contributed by atoms with Gasteiger partial charge < -0.3 is 10.0 Å². The van der Waals surface area contributed by atoms with Crippen LogP contribution in [-0.2, 0) is 21.7 Å². The molecule has 3 aromatic rings. The first-order chi connectivity index (χ1) is 14.0. The lowest BCUT2D eigenvalue weighted by Gasteiger charge is -2.22. The van der Waals surface area contributed by atoms with Crippen LogP contribution in [0, 0.1) is 0 Å². The van der Waals surface area contributed by atoms with Crippen LogP contribution in [-0.4, -0.2) is 16.8 Å². The van der Waals surface area contributed by atoms with Gasteiger partial charge >= 0.3 is 0 Å². The Kier molecular flexibility index (Phi) is 5.37. The van der Waals surface area contributed by atoms with Crippen molar-refractivity contribution in [1.82, 2.24) is 0 Å². The zero-order valence-corrected chi connectivity index (χ0v) is 17.0. The number of carbonyl (C=O) groups excluding carboxylic acids is 2. The largest absolute Gasteiger partial charge is 0.375 e. The van der Waals surface area contributed by atoms with Crippen molar-refractivity contribution in [3.63, 3.8) is 0 Å². The topological polar surface area (TPSA) is 57.6 Å². The minimum Gasteiger partial charge on any atom is -0.375 e. The Balaban J connectivity index is 1.63. The highest BCUT2D eigenvalue weighted by molar-refractivity contribution is 7.09. The van der Waals surface area contributed by atoms with Gasteiger partial charge in [-0.1, -0.05) is 54.1 Å². The minimum atomic E-state index is -1.93. The molecule has 0 saturated heterocycles. The number of thiophene rings is 1. The van der Waals surface area contributed by atoms with Gasteiger partial charge in [-0.15, -0.1) is 11.3 Å². The molecule has 1 N–H and O–H groups in total. The lowest BCUT2D eigenvalue weighted by atomic mass is 9.89. The smallest absolute Gasteiger partial charge is 0.264 e. The van der Waals surface area contributed by atoms with Gasteiger partial charge in [0, 0.05) is 15.5 Å². The molecule has 2 heterocycles. The van der Waals surface area contributed by atoms with Crippen LogP contribution in [0.3, 0.4) is 0 Å². The number of hydrogen-bond donors (Lipinski definition) is 1. The van der Waals surface area contributed by atoms with Gasteiger partial charge in [-0.25, -0.2) is 0 Å². The molecule has 4 rings (SSSR count). The van der Waals surface area contributed by atoms with Gasteiger partial charge in [0.2, 0.25) is 0 Å². The zero-order valence-electron chi connectivity index (χ0n) is 15.4. The number of rotatable bonds is 6. The van der Waals surface area contributed by atoms with E-state index in [0.717, 1.165) is 10.4 Å². The number of nitrogens with zero attached hydrogens (tertiary/aromatic N) is 1. The lowest BCUT2D eigenvalue weighted by molar-refractivity contribution is -0.140. The normalized spacial score (nSPS) is 18.4. The van der Waals surface area contributed by atoms with Crippen LogP contribution in [0.1, 0.15) is 22.4 Å². The third-order valence-electron chi connectivity index (χ3n) is 4.88. The summed E-state index contributed by atoms with van der Waals surface area (Å²) < 4.78 is 0. The molecule has 0 aliphatic carbocycles. The molecule has 4 nitrogen and oxygen atoms in total. The Labute approximate surface area is 177 Å². The van der Waals surface area contributed by atoms with Crippen LogP contribution in [0.4, 0.5) is 5.69 Å². The minimum absolute atomic E-state index is 0.335. The second kappa shape index (κ2) is 7.95. The van der Waals surface area contributed by atoms with E-state index in [-0.39, 0.29) is 12.2 Å². The molecular formula is C23H18ClNO3S. The maximum Gasteiger partial charge on any atom is 0.264 e. The maximum absolute atomic E-state index is 13.2. The van der Waals surface area contributed by atoms with Crippen LogP contribution in [0.2, 0.25) is 5.02 Å². The van der Waals surface area contributed by atoms with Gasteiger partial charge in [-0.3, -0.25) is 9.59 Å². The predicted molar refractivity (Wildman–Crippen MR) is 116 cm³/mol. The van der Waals surface area contributed by atoms with Crippen molar-refractivity contribution in [2.75, 3.05) is 4.90 Å². The average molecular weight is 424 g/mol. The first-order valence-corrected chi connectivity index (χ1v) is 10.4. The molecule has 0 fully saturated rings. The Morgan fingerprint density at radius 1 is 1.14 bits per heavy atom. The fraction of sp³-hybridized carbons (Fsp3) is 0.130. The van der Waals surface area contributed by atoms with Gasteiger partial charge in [-0.2, -0.15) is 0 Å². The van der Waals surface area contributed by atoms with E-state index in [9.17, 15) is 14.7 Å². The third kappa shape index (κ3) is 3.90. The number of carbonyl (C=O) groups is 2. The molecule has 29 heavy (non-hydrogen) atoms. The molecule has 0 spiro atoms. The number of ketones is 1. The highest BCUT2D eigenvalue weighted by Gasteiger charge is 2.50. The molecule has 6 heteroatoms. The number of benzene rings is 2. The summed E-state index contributed by atoms with van der Waals surface area (Å²) in [6.45, 7) is 0.335. The van der Waals surface area contributed by atoms with Gasteiger partial charge in [0.1, 0.15) is 0 Å². The highest BCUT2D eigenvalue weighted by Crippen LogP contribution is 2.44. The van der Waals surface area contributed by atoms with Crippen molar-refractivity contribution in [3.05, 3.63) is 93.1 Å². The molecule has 1 unspecified atom stereocenters. The van der Waals surface area contributed by atoms with Crippen molar-refractivity contribution in [3.8, 4) is 0 Å². The van der Waals surface area contributed by atoms with Crippen LogP contribution in [0.5, 0.6) is 0 Å². The SMILES string of the molecule is O=C(/C=C/c1ccccc1)CC1(O)C(=O)N(Cc2cccs2)c2ccc(Cl)cc21. The molecule has 1 amide bonds. The van der Waals surface area contributed by atoms with E-state index in [1.54, 1.807) is 24.3 Å². The average Bonchev–Trinajstić information content (AvgIpc) is 3.30. The fourth-order valence-electron chi connectivity index (χ4n) is 3.47. The van der Waals surface area contributed by atoms with E-state index in [1.165, 1.54) is 22.3 Å². The van der Waals surface area contributed by atoms with Crippen molar-refractivity contribution < 1.29 is 14.7 Å². The molecule has 1 aliphatic heterocycles. The van der Waals surface area contributed by atoms with Crippen molar-refractivity contribution >= 4 is 46.4 Å². The first kappa shape index (κ1) is 19.6. The first-order valence-electron chi connectivity index (χ1n) is 9.10. The molecule has 1 aromatic heterocycles. The number of hydrogen-bond acceptors (Lipinski definition) is 4. The van der Waals surface area contributed by atoms with E-state index in [4.69, 9.17) is 11.6 Å². The molecular weight excluding hydrogens is 406 g/mol. The molecule has 0 bridgehead atoms. The summed E-state index contributed by atoms with van der Waals surface area (Å²) >= 11 is 7.66. The van der Waals surface area contributed by atoms with Crippen LogP contribution in [0.15, 0.2) is 72.1 Å². The van der Waals surface area contributed by atoms with Crippen molar-refractivity contribution in [1.29, 1.82) is 0 Å². The Hall–Kier alpha value is -2.73. The van der Waals surface area contributed by atoms with Crippen LogP contribution in [0.25, 0.3) is 6.08 Å². The molecule has 0 radical (unpaired) electrons. The Morgan fingerprint density at radius 2 is 1.93 bits per heavy atom. The quantitative estimate of drug-likeness (QED) is 0.579. The molecule has 0 saturated carbocycles. The van der Waals surface area contributed by atoms with E-state index < -0.39 is 11.5 Å². The second-order valence-electron chi connectivity index (χ2n) is 6.88. The molecule has 1 aliphatic rings. The van der Waals surface area contributed by atoms with E-state index in [0.29, 0.717) is 22.8 Å². The van der Waals surface area contributed by atoms with Crippen LogP contribution >= 0.6 is 22.9 Å². The number of fused-ring (bicyclic) bond motifs is 1. The van der Waals surface area contributed by atoms with Gasteiger partial charge in [0.15, 0.2) is 11.4 Å². The number of allylic oxidation sites excluding steroid dienone is 1. The van der Waals surface area contributed by atoms with Crippen molar-refractivity contribution in [2.24, 2.45) is 0 Å². The predicted octanol–water partition coefficient (Wildman–Crippen LogP) is 4.81. The summed E-state index contributed by atoms with van der Waals surface area (Å²) in [5.41, 5.74) is -0.119. The number of amides is 1. The van der Waals surface area contributed by atoms with Crippen LogP contribution < -0.4 is 4.90 Å². The fourth-order valence-corrected chi connectivity index (χ4v) is 4.34. The monoisotopic (exact) mass is 423 g/mol. The standard InChI is InChI=1S/C23H18ClNO3S/c24-17-9-11-21-20(13-17)23(28,22(27)25(21)15-19-7-4-12-29-19)14-18(26)10-8-16-5-2-1-3-6-16/h1-13,28H,14-15H2/b10-8+. The Bertz CT molecular complexity index is 1080. The molecule has 146 valence electrons. The third-order valence-corrected chi connectivity index (χ3v) is 5.98. The summed E-state index contributed by atoms with van der Waals surface area (Å²) in [5, 5.41) is 13.6. The molecule has 2 aromatic carbocycles. The van der Waals surface area contributed by atoms with Crippen molar-refractivity contribution in [2.45, 2.75) is 18.6 Å². The number of aliphatic hydroxyl groups is 1. The zero-order chi connectivity index (χ0) is 20.4. The summed E-state index contributed by atoms with van der Waals surface area (Å²) in [4.78, 5) is 28.3. The summed E-state index contributed by atoms with van der Waals surface area (Å²) in [6.07, 6.45) is 2.73. The van der Waals surface area contributed by atoms with E-state index >= 15 is 0 Å². The Morgan fingerprint density at radius 3 is 2.66 bits per heavy atom. The second-order valence-corrected chi connectivity index (χ2v) is 8.35. The maximum atomic E-state index is 13.2. The van der Waals surface area contributed by atoms with Gasteiger partial charge in [0.25, 0.3) is 5.91 Å². The van der Waals surface area contributed by atoms with Gasteiger partial charge in [-0.05, 0) is 41.3 Å².